The molecule has 2 rings (SSSR count). The predicted octanol–water partition coefficient (Wildman–Crippen LogP) is 4.50. The highest BCUT2D eigenvalue weighted by molar-refractivity contribution is 6.50. The second kappa shape index (κ2) is 6.92. The van der Waals surface area contributed by atoms with Gasteiger partial charge in [-0.15, -0.1) is 0 Å². The van der Waals surface area contributed by atoms with Crippen LogP contribution in [0.2, 0.25) is 0 Å². The topological polar surface area (TPSA) is 26.3 Å². The normalized spacial score (nSPS) is 11.2. The minimum atomic E-state index is -0.426. The molecule has 0 unspecified atom stereocenters. The number of esters is 1. The second-order valence-corrected chi connectivity index (χ2v) is 4.59. The van der Waals surface area contributed by atoms with E-state index in [1.54, 1.807) is 6.92 Å². The maximum atomic E-state index is 11.3. The van der Waals surface area contributed by atoms with E-state index in [2.05, 4.69) is 0 Å². The number of benzene rings is 2. The summed E-state index contributed by atoms with van der Waals surface area (Å²) < 4.78 is 4.83. The van der Waals surface area contributed by atoms with Crippen LogP contribution in [0.5, 0.6) is 0 Å². The van der Waals surface area contributed by atoms with Crippen LogP contribution in [0.1, 0.15) is 12.5 Å². The molecule has 0 fully saturated rings. The predicted molar refractivity (Wildman–Crippen MR) is 82.3 cm³/mol. The van der Waals surface area contributed by atoms with Gasteiger partial charge in [0.25, 0.3) is 0 Å². The van der Waals surface area contributed by atoms with Gasteiger partial charge in [0.1, 0.15) is 0 Å². The fourth-order valence-electron chi connectivity index (χ4n) is 1.82. The number of hydrogen-bond acceptors (Lipinski definition) is 2. The molecule has 0 saturated heterocycles. The molecule has 0 N–H and O–H groups in total. The van der Waals surface area contributed by atoms with Gasteiger partial charge in [0.15, 0.2) is 0 Å². The number of carbonyl (C=O) groups is 1. The number of halogens is 1. The molecule has 0 bridgehead atoms. The third-order valence-corrected chi connectivity index (χ3v) is 3.13. The molecule has 0 aliphatic rings. The molecule has 0 saturated carbocycles. The maximum absolute atomic E-state index is 11.3. The molecule has 3 heteroatoms. The zero-order valence-corrected chi connectivity index (χ0v) is 11.9. The molecule has 102 valence electrons. The van der Waals surface area contributed by atoms with Crippen LogP contribution < -0.4 is 0 Å². The minimum Gasteiger partial charge on any atom is -0.463 e. The first kappa shape index (κ1) is 14.4. The fraction of sp³-hybridized carbons (Fsp3) is 0.118. The standard InChI is InChI=1S/C17H15ClO2/c1-2-20-17(19)12-16(18)15-10-8-14(9-11-15)13-6-4-3-5-7-13/h3-12H,2H2,1H3/b16-12-. The van der Waals surface area contributed by atoms with E-state index in [0.717, 1.165) is 16.7 Å². The Balaban J connectivity index is 2.18. The molecule has 0 radical (unpaired) electrons. The van der Waals surface area contributed by atoms with Gasteiger partial charge in [-0.1, -0.05) is 66.2 Å². The molecule has 0 atom stereocenters. The van der Waals surface area contributed by atoms with Crippen LogP contribution in [-0.4, -0.2) is 12.6 Å². The van der Waals surface area contributed by atoms with Crippen LogP contribution >= 0.6 is 11.6 Å². The van der Waals surface area contributed by atoms with Crippen LogP contribution in [-0.2, 0) is 9.53 Å². The van der Waals surface area contributed by atoms with Crippen molar-refractivity contribution in [2.75, 3.05) is 6.61 Å². The highest BCUT2D eigenvalue weighted by Gasteiger charge is 2.04. The van der Waals surface area contributed by atoms with Gasteiger partial charge in [-0.25, -0.2) is 4.79 Å². The molecule has 0 aromatic heterocycles. The summed E-state index contributed by atoms with van der Waals surface area (Å²) in [7, 11) is 0. The van der Waals surface area contributed by atoms with E-state index in [1.165, 1.54) is 6.08 Å². The molecule has 0 amide bonds. The van der Waals surface area contributed by atoms with Gasteiger partial charge < -0.3 is 4.74 Å². The van der Waals surface area contributed by atoms with E-state index in [-0.39, 0.29) is 0 Å². The molecule has 0 aliphatic heterocycles. The monoisotopic (exact) mass is 286 g/mol. The first-order valence-electron chi connectivity index (χ1n) is 6.40. The van der Waals surface area contributed by atoms with Crippen LogP contribution in [0.3, 0.4) is 0 Å². The van der Waals surface area contributed by atoms with Crippen molar-refractivity contribution in [1.82, 2.24) is 0 Å². The number of rotatable bonds is 4. The number of ether oxygens (including phenoxy) is 1. The zero-order valence-electron chi connectivity index (χ0n) is 11.2. The van der Waals surface area contributed by atoms with Crippen LogP contribution in [0.25, 0.3) is 16.2 Å². The summed E-state index contributed by atoms with van der Waals surface area (Å²) in [4.78, 5) is 11.3. The first-order valence-corrected chi connectivity index (χ1v) is 6.78. The van der Waals surface area contributed by atoms with E-state index in [0.29, 0.717) is 11.6 Å². The lowest BCUT2D eigenvalue weighted by molar-refractivity contribution is -0.137. The SMILES string of the molecule is CCOC(=O)/C=C(\Cl)c1ccc(-c2ccccc2)cc1. The van der Waals surface area contributed by atoms with Gasteiger partial charge in [0.05, 0.1) is 11.6 Å². The lowest BCUT2D eigenvalue weighted by Crippen LogP contribution is -1.99. The van der Waals surface area contributed by atoms with Gasteiger partial charge in [-0.3, -0.25) is 0 Å². The van der Waals surface area contributed by atoms with Crippen molar-refractivity contribution in [1.29, 1.82) is 0 Å². The van der Waals surface area contributed by atoms with Crippen molar-refractivity contribution in [2.45, 2.75) is 6.92 Å². The summed E-state index contributed by atoms with van der Waals surface area (Å²) >= 11 is 6.10. The lowest BCUT2D eigenvalue weighted by atomic mass is 10.0. The Bertz CT molecular complexity index is 601. The largest absolute Gasteiger partial charge is 0.463 e. The minimum absolute atomic E-state index is 0.340. The summed E-state index contributed by atoms with van der Waals surface area (Å²) in [6.07, 6.45) is 1.29. The summed E-state index contributed by atoms with van der Waals surface area (Å²) in [5.41, 5.74) is 3.04. The Morgan fingerprint density at radius 1 is 1.05 bits per heavy atom. The molecule has 0 spiro atoms. The van der Waals surface area contributed by atoms with Gasteiger partial charge in [-0.05, 0) is 23.6 Å². The summed E-state index contributed by atoms with van der Waals surface area (Å²) in [6, 6.07) is 17.8. The van der Waals surface area contributed by atoms with Crippen LogP contribution in [0.15, 0.2) is 60.7 Å². The molecule has 0 aliphatic carbocycles. The van der Waals surface area contributed by atoms with E-state index in [9.17, 15) is 4.79 Å². The highest BCUT2D eigenvalue weighted by Crippen LogP contribution is 2.24. The van der Waals surface area contributed by atoms with Crippen molar-refractivity contribution >= 4 is 22.6 Å². The van der Waals surface area contributed by atoms with E-state index >= 15 is 0 Å². The number of carbonyl (C=O) groups excluding carboxylic acids is 1. The average Bonchev–Trinajstić information content (AvgIpc) is 2.48. The highest BCUT2D eigenvalue weighted by atomic mass is 35.5. The molecule has 2 aromatic carbocycles. The van der Waals surface area contributed by atoms with E-state index in [1.807, 2.05) is 54.6 Å². The summed E-state index contributed by atoms with van der Waals surface area (Å²) in [6.45, 7) is 2.10. The Kier molecular flexibility index (Phi) is 4.97. The van der Waals surface area contributed by atoms with Gasteiger partial charge >= 0.3 is 5.97 Å². The Labute approximate surface area is 123 Å². The summed E-state index contributed by atoms with van der Waals surface area (Å²) in [5, 5.41) is 0.378. The molecular weight excluding hydrogens is 272 g/mol. The Morgan fingerprint density at radius 3 is 2.25 bits per heavy atom. The van der Waals surface area contributed by atoms with E-state index in [4.69, 9.17) is 16.3 Å². The van der Waals surface area contributed by atoms with Crippen molar-refractivity contribution in [3.8, 4) is 11.1 Å². The smallest absolute Gasteiger partial charge is 0.332 e. The molecule has 2 aromatic rings. The van der Waals surface area contributed by atoms with E-state index < -0.39 is 5.97 Å². The van der Waals surface area contributed by atoms with Crippen molar-refractivity contribution in [3.05, 3.63) is 66.2 Å². The summed E-state index contributed by atoms with van der Waals surface area (Å²) in [5.74, 6) is -0.426. The van der Waals surface area contributed by atoms with Gasteiger partial charge in [-0.2, -0.15) is 0 Å². The van der Waals surface area contributed by atoms with Crippen LogP contribution in [0.4, 0.5) is 0 Å². The fourth-order valence-corrected chi connectivity index (χ4v) is 2.04. The molecular formula is C17H15ClO2. The second-order valence-electron chi connectivity index (χ2n) is 4.19. The Morgan fingerprint density at radius 2 is 1.65 bits per heavy atom. The van der Waals surface area contributed by atoms with Crippen LogP contribution in [0, 0.1) is 0 Å². The first-order chi connectivity index (χ1) is 9.70. The lowest BCUT2D eigenvalue weighted by Gasteiger charge is -2.04. The van der Waals surface area contributed by atoms with Gasteiger partial charge in [0, 0.05) is 6.08 Å². The van der Waals surface area contributed by atoms with Crippen molar-refractivity contribution < 1.29 is 9.53 Å². The zero-order chi connectivity index (χ0) is 14.4. The molecule has 20 heavy (non-hydrogen) atoms. The molecule has 0 heterocycles. The Hall–Kier alpha value is -2.06. The average molecular weight is 287 g/mol. The quantitative estimate of drug-likeness (QED) is 0.611. The third kappa shape index (κ3) is 3.72. The van der Waals surface area contributed by atoms with Crippen molar-refractivity contribution in [3.63, 3.8) is 0 Å². The maximum Gasteiger partial charge on any atom is 0.332 e. The van der Waals surface area contributed by atoms with Crippen molar-refractivity contribution in [2.24, 2.45) is 0 Å². The number of hydrogen-bond donors (Lipinski definition) is 0. The third-order valence-electron chi connectivity index (χ3n) is 2.80. The van der Waals surface area contributed by atoms with Gasteiger partial charge in [0.2, 0.25) is 0 Å². The molecule has 2 nitrogen and oxygen atoms in total.